The molecule has 3 fully saturated rings. The molecule has 0 radical (unpaired) electrons. The fourth-order valence-corrected chi connectivity index (χ4v) is 5.50. The maximum Gasteiger partial charge on any atom is 0.254 e. The van der Waals surface area contributed by atoms with Crippen LogP contribution in [0.15, 0.2) is 48.5 Å². The second-order valence-corrected chi connectivity index (χ2v) is 9.11. The second-order valence-electron chi connectivity index (χ2n) is 9.11. The summed E-state index contributed by atoms with van der Waals surface area (Å²) in [7, 11) is 0. The summed E-state index contributed by atoms with van der Waals surface area (Å²) < 4.78 is 6.29. The lowest BCUT2D eigenvalue weighted by Gasteiger charge is -2.34. The molecule has 0 N–H and O–H groups in total. The Kier molecular flexibility index (Phi) is 4.47. The molecule has 30 heavy (non-hydrogen) atoms. The van der Waals surface area contributed by atoms with Crippen molar-refractivity contribution >= 4 is 11.8 Å². The van der Waals surface area contributed by atoms with Crippen molar-refractivity contribution in [3.8, 4) is 11.1 Å². The molecule has 2 aromatic rings. The summed E-state index contributed by atoms with van der Waals surface area (Å²) in [5.74, 6) is 0.430. The zero-order valence-electron chi connectivity index (χ0n) is 17.8. The number of carbonyl (C=O) groups is 2. The SMILES string of the molecule is Cc1cccc(-c2ccccc2C(=O)N2CC[C@@]34OC[C@@H](C(C)C)N3C(=O)C[C@@H]24)c1. The molecule has 3 atom stereocenters. The molecular weight excluding hydrogens is 376 g/mol. The summed E-state index contributed by atoms with van der Waals surface area (Å²) in [4.78, 5) is 30.5. The van der Waals surface area contributed by atoms with Crippen molar-refractivity contribution in [1.29, 1.82) is 0 Å². The number of amides is 2. The maximum atomic E-state index is 13.7. The van der Waals surface area contributed by atoms with Crippen LogP contribution in [0, 0.1) is 12.8 Å². The third kappa shape index (κ3) is 2.72. The van der Waals surface area contributed by atoms with Crippen molar-refractivity contribution < 1.29 is 14.3 Å². The monoisotopic (exact) mass is 404 g/mol. The normalized spacial score (nSPS) is 27.7. The quantitative estimate of drug-likeness (QED) is 0.781. The number of rotatable bonds is 3. The molecule has 0 saturated carbocycles. The Balaban J connectivity index is 1.49. The number of ether oxygens (including phenoxy) is 1. The lowest BCUT2D eigenvalue weighted by Crippen LogP contribution is -2.51. The van der Waals surface area contributed by atoms with Crippen LogP contribution in [0.1, 0.15) is 42.6 Å². The van der Waals surface area contributed by atoms with E-state index < -0.39 is 5.72 Å². The number of carbonyl (C=O) groups excluding carboxylic acids is 2. The van der Waals surface area contributed by atoms with Crippen LogP contribution in [0.2, 0.25) is 0 Å². The molecule has 0 unspecified atom stereocenters. The van der Waals surface area contributed by atoms with E-state index in [2.05, 4.69) is 32.9 Å². The first-order valence-electron chi connectivity index (χ1n) is 10.9. The predicted octanol–water partition coefficient (Wildman–Crippen LogP) is 3.86. The molecule has 0 bridgehead atoms. The van der Waals surface area contributed by atoms with E-state index in [-0.39, 0.29) is 23.9 Å². The summed E-state index contributed by atoms with van der Waals surface area (Å²) in [5.41, 5.74) is 3.17. The minimum absolute atomic E-state index is 0.0137. The Morgan fingerprint density at radius 2 is 1.97 bits per heavy atom. The van der Waals surface area contributed by atoms with Gasteiger partial charge in [-0.2, -0.15) is 0 Å². The smallest absolute Gasteiger partial charge is 0.254 e. The first-order valence-corrected chi connectivity index (χ1v) is 10.9. The fraction of sp³-hybridized carbons (Fsp3) is 0.440. The highest BCUT2D eigenvalue weighted by molar-refractivity contribution is 6.02. The highest BCUT2D eigenvalue weighted by Crippen LogP contribution is 2.49. The minimum Gasteiger partial charge on any atom is -0.351 e. The Morgan fingerprint density at radius 3 is 2.73 bits per heavy atom. The van der Waals surface area contributed by atoms with Gasteiger partial charge >= 0.3 is 0 Å². The molecule has 3 aliphatic rings. The predicted molar refractivity (Wildman–Crippen MR) is 115 cm³/mol. The van der Waals surface area contributed by atoms with E-state index in [9.17, 15) is 9.59 Å². The first-order chi connectivity index (χ1) is 14.4. The molecule has 5 heteroatoms. The summed E-state index contributed by atoms with van der Waals surface area (Å²) in [6.07, 6.45) is 1.03. The van der Waals surface area contributed by atoms with E-state index in [4.69, 9.17) is 4.74 Å². The Labute approximate surface area is 177 Å². The molecule has 156 valence electrons. The van der Waals surface area contributed by atoms with E-state index >= 15 is 0 Å². The largest absolute Gasteiger partial charge is 0.351 e. The number of likely N-dealkylation sites (tertiary alicyclic amines) is 1. The van der Waals surface area contributed by atoms with Gasteiger partial charge in [-0.3, -0.25) is 9.59 Å². The molecule has 0 aliphatic carbocycles. The molecule has 2 aromatic carbocycles. The van der Waals surface area contributed by atoms with Crippen molar-refractivity contribution in [2.24, 2.45) is 5.92 Å². The van der Waals surface area contributed by atoms with Gasteiger partial charge in [0.1, 0.15) is 0 Å². The van der Waals surface area contributed by atoms with Crippen molar-refractivity contribution in [1.82, 2.24) is 9.80 Å². The number of aryl methyl sites for hydroxylation is 1. The van der Waals surface area contributed by atoms with Gasteiger partial charge in [-0.05, 0) is 30.0 Å². The van der Waals surface area contributed by atoms with E-state index in [0.717, 1.165) is 16.7 Å². The Morgan fingerprint density at radius 1 is 1.17 bits per heavy atom. The maximum absolute atomic E-state index is 13.7. The average molecular weight is 405 g/mol. The number of benzene rings is 2. The highest BCUT2D eigenvalue weighted by Gasteiger charge is 2.65. The van der Waals surface area contributed by atoms with Gasteiger partial charge in [0.05, 0.1) is 25.1 Å². The van der Waals surface area contributed by atoms with Crippen LogP contribution >= 0.6 is 0 Å². The van der Waals surface area contributed by atoms with Gasteiger partial charge in [-0.25, -0.2) is 0 Å². The molecule has 3 heterocycles. The molecule has 1 spiro atoms. The zero-order chi connectivity index (χ0) is 21.0. The number of nitrogens with zero attached hydrogens (tertiary/aromatic N) is 2. The van der Waals surface area contributed by atoms with Crippen molar-refractivity contribution in [2.45, 2.75) is 51.4 Å². The Hall–Kier alpha value is -2.66. The summed E-state index contributed by atoms with van der Waals surface area (Å²) in [5, 5.41) is 0. The number of hydrogen-bond donors (Lipinski definition) is 0. The topological polar surface area (TPSA) is 49.9 Å². The van der Waals surface area contributed by atoms with Crippen LogP contribution in [-0.4, -0.2) is 52.6 Å². The van der Waals surface area contributed by atoms with E-state index in [1.807, 2.05) is 46.2 Å². The lowest BCUT2D eigenvalue weighted by atomic mass is 9.97. The standard InChI is InChI=1S/C25H28N2O3/c1-16(2)21-15-30-25-11-12-26(22(25)14-23(28)27(21)25)24(29)20-10-5-4-9-19(20)18-8-6-7-17(3)13-18/h4-10,13,16,21-22H,11-12,14-15H2,1-3H3/t21-,22+,25-/m0/s1. The van der Waals surface area contributed by atoms with Crippen LogP contribution in [0.25, 0.3) is 11.1 Å². The number of hydrogen-bond acceptors (Lipinski definition) is 3. The van der Waals surface area contributed by atoms with Crippen LogP contribution in [0.5, 0.6) is 0 Å². The lowest BCUT2D eigenvalue weighted by molar-refractivity contribution is -0.139. The van der Waals surface area contributed by atoms with Gasteiger partial charge < -0.3 is 14.5 Å². The van der Waals surface area contributed by atoms with Gasteiger partial charge in [-0.15, -0.1) is 0 Å². The molecule has 5 nitrogen and oxygen atoms in total. The van der Waals surface area contributed by atoms with Crippen molar-refractivity contribution in [3.63, 3.8) is 0 Å². The second kappa shape index (κ2) is 6.95. The van der Waals surface area contributed by atoms with Crippen LogP contribution in [-0.2, 0) is 9.53 Å². The van der Waals surface area contributed by atoms with Crippen molar-refractivity contribution in [3.05, 3.63) is 59.7 Å². The molecule has 3 aliphatic heterocycles. The third-order valence-electron chi connectivity index (χ3n) is 7.00. The van der Waals surface area contributed by atoms with E-state index in [1.165, 1.54) is 0 Å². The highest BCUT2D eigenvalue weighted by atomic mass is 16.5. The molecule has 2 amide bonds. The molecule has 0 aromatic heterocycles. The summed E-state index contributed by atoms with van der Waals surface area (Å²) >= 11 is 0. The van der Waals surface area contributed by atoms with Gasteiger partial charge in [0.15, 0.2) is 5.72 Å². The van der Waals surface area contributed by atoms with Crippen LogP contribution < -0.4 is 0 Å². The summed E-state index contributed by atoms with van der Waals surface area (Å²) in [6, 6.07) is 15.9. The first kappa shape index (κ1) is 19.3. The third-order valence-corrected chi connectivity index (χ3v) is 7.00. The molecular formula is C25H28N2O3. The molecule has 5 rings (SSSR count). The van der Waals surface area contributed by atoms with Gasteiger partial charge in [0.2, 0.25) is 5.91 Å². The van der Waals surface area contributed by atoms with E-state index in [1.54, 1.807) is 0 Å². The fourth-order valence-electron chi connectivity index (χ4n) is 5.50. The Bertz CT molecular complexity index is 1020. The van der Waals surface area contributed by atoms with Crippen molar-refractivity contribution in [2.75, 3.05) is 13.2 Å². The van der Waals surface area contributed by atoms with Gasteiger partial charge in [-0.1, -0.05) is 61.9 Å². The molecule has 3 saturated heterocycles. The van der Waals surface area contributed by atoms with Gasteiger partial charge in [0, 0.05) is 18.5 Å². The van der Waals surface area contributed by atoms with E-state index in [0.29, 0.717) is 37.5 Å². The average Bonchev–Trinajstić information content (AvgIpc) is 3.36. The minimum atomic E-state index is -0.639. The van der Waals surface area contributed by atoms with Gasteiger partial charge in [0.25, 0.3) is 5.91 Å². The zero-order valence-corrected chi connectivity index (χ0v) is 17.8. The van der Waals surface area contributed by atoms with Crippen LogP contribution in [0.4, 0.5) is 0 Å². The van der Waals surface area contributed by atoms with Crippen LogP contribution in [0.3, 0.4) is 0 Å². The summed E-state index contributed by atoms with van der Waals surface area (Å²) in [6.45, 7) is 7.48.